The molecule has 1 N–H and O–H groups in total. The van der Waals surface area contributed by atoms with Gasteiger partial charge in [-0.25, -0.2) is 9.67 Å². The minimum Gasteiger partial charge on any atom is -0.497 e. The summed E-state index contributed by atoms with van der Waals surface area (Å²) in [5.74, 6) is 0.650. The van der Waals surface area contributed by atoms with Crippen LogP contribution >= 0.6 is 11.3 Å². The van der Waals surface area contributed by atoms with Crippen LogP contribution in [0.3, 0.4) is 0 Å². The third-order valence-electron chi connectivity index (χ3n) is 4.51. The Kier molecular flexibility index (Phi) is 5.97. The minimum atomic E-state index is -0.838. The molecule has 1 atom stereocenters. The molecule has 0 fully saturated rings. The number of nitrogens with one attached hydrogen (secondary N) is 1. The maximum atomic E-state index is 12.7. The van der Waals surface area contributed by atoms with Gasteiger partial charge in [0.15, 0.2) is 10.9 Å². The summed E-state index contributed by atoms with van der Waals surface area (Å²) in [4.78, 5) is 30.6. The van der Waals surface area contributed by atoms with Gasteiger partial charge in [0.25, 0.3) is 11.5 Å². The highest BCUT2D eigenvalue weighted by Crippen LogP contribution is 2.28. The van der Waals surface area contributed by atoms with Crippen LogP contribution in [-0.4, -0.2) is 34.9 Å². The third kappa shape index (κ3) is 4.29. The average Bonchev–Trinajstić information content (AvgIpc) is 3.04. The summed E-state index contributed by atoms with van der Waals surface area (Å²) in [5, 5.41) is 7.66. The highest BCUT2D eigenvalue weighted by atomic mass is 32.1. The van der Waals surface area contributed by atoms with Crippen LogP contribution in [0.15, 0.2) is 35.1 Å². The van der Waals surface area contributed by atoms with E-state index < -0.39 is 11.6 Å². The SMILES string of the molecule is COc1ccc(-c2nn([C@@H](C)C(=O)Nc3nc(C)c(C)s3)c(=O)cc2OC)cc1. The number of rotatable bonds is 6. The smallest absolute Gasteiger partial charge is 0.271 e. The van der Waals surface area contributed by atoms with E-state index in [1.54, 1.807) is 26.2 Å². The van der Waals surface area contributed by atoms with Crippen molar-refractivity contribution in [2.45, 2.75) is 26.8 Å². The lowest BCUT2D eigenvalue weighted by molar-refractivity contribution is -0.119. The van der Waals surface area contributed by atoms with Crippen LogP contribution < -0.4 is 20.3 Å². The molecule has 0 saturated carbocycles. The molecule has 152 valence electrons. The molecule has 8 nitrogen and oxygen atoms in total. The Morgan fingerprint density at radius 2 is 1.86 bits per heavy atom. The molecule has 3 aromatic rings. The predicted octanol–water partition coefficient (Wildman–Crippen LogP) is 3.20. The fourth-order valence-electron chi connectivity index (χ4n) is 2.68. The topological polar surface area (TPSA) is 95.3 Å². The summed E-state index contributed by atoms with van der Waals surface area (Å²) in [7, 11) is 3.05. The molecule has 0 spiro atoms. The van der Waals surface area contributed by atoms with Crippen molar-refractivity contribution < 1.29 is 14.3 Å². The first-order chi connectivity index (χ1) is 13.8. The number of hydrogen-bond donors (Lipinski definition) is 1. The van der Waals surface area contributed by atoms with Crippen molar-refractivity contribution in [2.24, 2.45) is 0 Å². The highest BCUT2D eigenvalue weighted by molar-refractivity contribution is 7.15. The van der Waals surface area contributed by atoms with Crippen LogP contribution in [0.5, 0.6) is 11.5 Å². The summed E-state index contributed by atoms with van der Waals surface area (Å²) in [6.07, 6.45) is 0. The Morgan fingerprint density at radius 1 is 1.17 bits per heavy atom. The van der Waals surface area contributed by atoms with Crippen molar-refractivity contribution in [1.29, 1.82) is 0 Å². The van der Waals surface area contributed by atoms with Crippen LogP contribution in [0.25, 0.3) is 11.3 Å². The molecule has 0 aliphatic carbocycles. The molecule has 0 bridgehead atoms. The molecule has 1 amide bonds. The van der Waals surface area contributed by atoms with Crippen molar-refractivity contribution >= 4 is 22.4 Å². The summed E-state index contributed by atoms with van der Waals surface area (Å²) in [6, 6.07) is 7.68. The molecule has 0 saturated heterocycles. The first-order valence-corrected chi connectivity index (χ1v) is 9.73. The van der Waals surface area contributed by atoms with Gasteiger partial charge in [-0.15, -0.1) is 11.3 Å². The lowest BCUT2D eigenvalue weighted by Crippen LogP contribution is -2.33. The van der Waals surface area contributed by atoms with Crippen molar-refractivity contribution in [1.82, 2.24) is 14.8 Å². The number of ether oxygens (including phenoxy) is 2. The second kappa shape index (κ2) is 8.44. The van der Waals surface area contributed by atoms with Crippen LogP contribution in [0.2, 0.25) is 0 Å². The van der Waals surface area contributed by atoms with E-state index in [9.17, 15) is 9.59 Å². The Morgan fingerprint density at radius 3 is 2.41 bits per heavy atom. The van der Waals surface area contributed by atoms with Gasteiger partial charge < -0.3 is 14.8 Å². The van der Waals surface area contributed by atoms with E-state index in [2.05, 4.69) is 15.4 Å². The fourth-order valence-corrected chi connectivity index (χ4v) is 3.50. The number of carbonyl (C=O) groups is 1. The van der Waals surface area contributed by atoms with Gasteiger partial charge in [0.2, 0.25) is 0 Å². The number of benzene rings is 1. The quantitative estimate of drug-likeness (QED) is 0.666. The molecule has 0 aliphatic rings. The van der Waals surface area contributed by atoms with Crippen molar-refractivity contribution in [3.8, 4) is 22.8 Å². The summed E-state index contributed by atoms with van der Waals surface area (Å²) < 4.78 is 11.6. The van der Waals surface area contributed by atoms with Crippen molar-refractivity contribution in [2.75, 3.05) is 19.5 Å². The van der Waals surface area contributed by atoms with Gasteiger partial charge >= 0.3 is 0 Å². The second-order valence-corrected chi connectivity index (χ2v) is 7.60. The first kappa shape index (κ1) is 20.5. The molecule has 9 heteroatoms. The zero-order valence-electron chi connectivity index (χ0n) is 16.8. The van der Waals surface area contributed by atoms with E-state index >= 15 is 0 Å². The van der Waals surface area contributed by atoms with Crippen LogP contribution in [-0.2, 0) is 4.79 Å². The number of methoxy groups -OCH3 is 2. The van der Waals surface area contributed by atoms with Gasteiger partial charge in [0.1, 0.15) is 17.5 Å². The molecule has 0 aliphatic heterocycles. The monoisotopic (exact) mass is 414 g/mol. The van der Waals surface area contributed by atoms with Gasteiger partial charge in [0.05, 0.1) is 19.9 Å². The summed E-state index contributed by atoms with van der Waals surface area (Å²) in [6.45, 7) is 5.42. The van der Waals surface area contributed by atoms with Crippen LogP contribution in [0.4, 0.5) is 5.13 Å². The Labute approximate surface area is 172 Å². The van der Waals surface area contributed by atoms with Gasteiger partial charge in [-0.3, -0.25) is 9.59 Å². The van der Waals surface area contributed by atoms with Gasteiger partial charge in [-0.1, -0.05) is 0 Å². The molecule has 2 aromatic heterocycles. The number of amides is 1. The maximum Gasteiger partial charge on any atom is 0.271 e. The molecule has 0 radical (unpaired) electrons. The van der Waals surface area contributed by atoms with Crippen LogP contribution in [0.1, 0.15) is 23.5 Å². The Hall–Kier alpha value is -3.20. The Bertz CT molecular complexity index is 1070. The molecular weight excluding hydrogens is 392 g/mol. The van der Waals surface area contributed by atoms with E-state index in [1.165, 1.54) is 24.5 Å². The number of anilines is 1. The van der Waals surface area contributed by atoms with E-state index in [1.807, 2.05) is 26.0 Å². The van der Waals surface area contributed by atoms with E-state index in [0.717, 1.165) is 20.8 Å². The minimum absolute atomic E-state index is 0.329. The number of aromatic nitrogens is 3. The number of thiazole rings is 1. The fraction of sp³-hybridized carbons (Fsp3) is 0.300. The molecule has 1 aromatic carbocycles. The summed E-state index contributed by atoms with van der Waals surface area (Å²) in [5.41, 5.74) is 1.61. The molecular formula is C20H22N4O4S. The number of hydrogen-bond acceptors (Lipinski definition) is 7. The zero-order valence-corrected chi connectivity index (χ0v) is 17.7. The lowest BCUT2D eigenvalue weighted by atomic mass is 10.1. The van der Waals surface area contributed by atoms with Crippen molar-refractivity contribution in [3.63, 3.8) is 0 Å². The standard InChI is InChI=1S/C20H22N4O4S/c1-11-13(3)29-20(21-11)22-19(26)12(2)24-17(25)10-16(28-5)18(23-24)14-6-8-15(27-4)9-7-14/h6-10,12H,1-5H3,(H,21,22,26)/t12-/m0/s1. The maximum absolute atomic E-state index is 12.7. The number of carbonyl (C=O) groups excluding carboxylic acids is 1. The van der Waals surface area contributed by atoms with E-state index in [4.69, 9.17) is 9.47 Å². The van der Waals surface area contributed by atoms with Crippen LogP contribution in [0, 0.1) is 13.8 Å². The largest absolute Gasteiger partial charge is 0.497 e. The number of nitrogens with zero attached hydrogens (tertiary/aromatic N) is 3. The lowest BCUT2D eigenvalue weighted by Gasteiger charge is -2.16. The molecule has 2 heterocycles. The van der Waals surface area contributed by atoms with E-state index in [0.29, 0.717) is 22.3 Å². The number of aryl methyl sites for hydroxylation is 2. The highest BCUT2D eigenvalue weighted by Gasteiger charge is 2.22. The van der Waals surface area contributed by atoms with Gasteiger partial charge in [-0.2, -0.15) is 5.10 Å². The second-order valence-electron chi connectivity index (χ2n) is 6.40. The van der Waals surface area contributed by atoms with E-state index in [-0.39, 0.29) is 5.91 Å². The summed E-state index contributed by atoms with van der Waals surface area (Å²) >= 11 is 1.39. The Balaban J connectivity index is 1.95. The van der Waals surface area contributed by atoms with Crippen molar-refractivity contribution in [3.05, 3.63) is 51.3 Å². The van der Waals surface area contributed by atoms with Gasteiger partial charge in [0, 0.05) is 16.5 Å². The third-order valence-corrected chi connectivity index (χ3v) is 5.50. The molecule has 0 unspecified atom stereocenters. The predicted molar refractivity (Wildman–Crippen MR) is 112 cm³/mol. The average molecular weight is 414 g/mol. The van der Waals surface area contributed by atoms with Gasteiger partial charge in [-0.05, 0) is 45.0 Å². The molecule has 3 rings (SSSR count). The molecule has 29 heavy (non-hydrogen) atoms. The zero-order chi connectivity index (χ0) is 21.1. The first-order valence-electron chi connectivity index (χ1n) is 8.91. The normalized spacial score (nSPS) is 11.8.